The molecule has 2 amide bonds. The summed E-state index contributed by atoms with van der Waals surface area (Å²) < 4.78 is 27.9. The lowest BCUT2D eigenvalue weighted by Crippen LogP contribution is -2.53. The van der Waals surface area contributed by atoms with Crippen molar-refractivity contribution in [3.63, 3.8) is 0 Å². The Bertz CT molecular complexity index is 495. The van der Waals surface area contributed by atoms with Crippen LogP contribution < -0.4 is 10.6 Å². The van der Waals surface area contributed by atoms with E-state index in [1.165, 1.54) is 0 Å². The molecule has 1 rings (SSSR count). The zero-order valence-corrected chi connectivity index (χ0v) is 16.7. The van der Waals surface area contributed by atoms with E-state index in [1.54, 1.807) is 34.6 Å². The molecule has 0 aliphatic heterocycles. The van der Waals surface area contributed by atoms with E-state index in [2.05, 4.69) is 10.6 Å². The van der Waals surface area contributed by atoms with E-state index in [1.807, 2.05) is 0 Å². The predicted molar refractivity (Wildman–Crippen MR) is 94.8 cm³/mol. The highest BCUT2D eigenvalue weighted by atomic mass is 31.2. The summed E-state index contributed by atoms with van der Waals surface area (Å²) in [6.45, 7) is 8.86. The third kappa shape index (κ3) is 7.34. The van der Waals surface area contributed by atoms with Crippen LogP contribution in [-0.4, -0.2) is 42.6 Å². The Labute approximate surface area is 149 Å². The number of nitrogens with one attached hydrogen (secondary N) is 2. The van der Waals surface area contributed by atoms with Gasteiger partial charge >= 0.3 is 19.3 Å². The van der Waals surface area contributed by atoms with Crippen LogP contribution in [0.5, 0.6) is 0 Å². The van der Waals surface area contributed by atoms with Gasteiger partial charge < -0.3 is 24.4 Å². The number of alkyl carbamates (subject to hydrolysis) is 1. The third-order valence-electron chi connectivity index (χ3n) is 3.62. The molecule has 0 aromatic heterocycles. The molecule has 0 aromatic carbocycles. The summed E-state index contributed by atoms with van der Waals surface area (Å²) in [6.07, 6.45) is 2.69. The molecular weight excluding hydrogens is 347 g/mol. The molecule has 1 aliphatic carbocycles. The van der Waals surface area contributed by atoms with Gasteiger partial charge in [0.2, 0.25) is 0 Å². The molecule has 1 fully saturated rings. The lowest BCUT2D eigenvalue weighted by molar-refractivity contribution is 0.0481. The number of carbonyl (C=O) groups is 2. The minimum atomic E-state index is -3.87. The molecule has 146 valence electrons. The van der Waals surface area contributed by atoms with Crippen LogP contribution in [0, 0.1) is 0 Å². The standard InChI is InChI=1S/C16H31N2O6P/c1-6-22-25(21,23-7-2)15(20)18-13-11-9-8-10-12(13)17-14(19)24-16(3,4)5/h12-13H,6-11H2,1-5H3,(H,17,19)(H,18,20)/t12-,13-/m0/s1. The fraction of sp³-hybridized carbons (Fsp3) is 0.875. The summed E-state index contributed by atoms with van der Waals surface area (Å²) in [6, 6.07) is -0.632. The van der Waals surface area contributed by atoms with Crippen LogP contribution in [0.2, 0.25) is 0 Å². The maximum Gasteiger partial charge on any atom is 0.418 e. The van der Waals surface area contributed by atoms with Gasteiger partial charge in [-0.3, -0.25) is 4.79 Å². The summed E-state index contributed by atoms with van der Waals surface area (Å²) in [7, 11) is -3.87. The number of amides is 2. The van der Waals surface area contributed by atoms with Gasteiger partial charge in [0.15, 0.2) is 0 Å². The first-order valence-electron chi connectivity index (χ1n) is 8.81. The van der Waals surface area contributed by atoms with E-state index in [4.69, 9.17) is 13.8 Å². The first-order valence-corrected chi connectivity index (χ1v) is 10.3. The molecule has 8 nitrogen and oxygen atoms in total. The zero-order chi connectivity index (χ0) is 19.1. The van der Waals surface area contributed by atoms with Gasteiger partial charge in [0.25, 0.3) is 0 Å². The molecule has 0 saturated heterocycles. The van der Waals surface area contributed by atoms with Crippen LogP contribution in [0.25, 0.3) is 0 Å². The van der Waals surface area contributed by atoms with Gasteiger partial charge in [-0.2, -0.15) is 0 Å². The molecule has 0 spiro atoms. The highest BCUT2D eigenvalue weighted by Gasteiger charge is 2.38. The molecule has 25 heavy (non-hydrogen) atoms. The fourth-order valence-electron chi connectivity index (χ4n) is 2.67. The molecule has 1 saturated carbocycles. The van der Waals surface area contributed by atoms with E-state index in [9.17, 15) is 14.2 Å². The molecular formula is C16H31N2O6P. The zero-order valence-electron chi connectivity index (χ0n) is 15.8. The van der Waals surface area contributed by atoms with E-state index in [-0.39, 0.29) is 25.3 Å². The summed E-state index contributed by atoms with van der Waals surface area (Å²) in [5.74, 6) is 0. The molecule has 0 unspecified atom stereocenters. The second kappa shape index (κ2) is 9.55. The number of ether oxygens (including phenoxy) is 1. The summed E-state index contributed by atoms with van der Waals surface area (Å²) in [5.41, 5.74) is -1.36. The Kier molecular flexibility index (Phi) is 8.38. The van der Waals surface area contributed by atoms with Crippen LogP contribution >= 0.6 is 7.60 Å². The van der Waals surface area contributed by atoms with Crippen LogP contribution in [0.4, 0.5) is 9.59 Å². The minimum absolute atomic E-state index is 0.106. The first-order chi connectivity index (χ1) is 11.6. The highest BCUT2D eigenvalue weighted by molar-refractivity contribution is 7.71. The van der Waals surface area contributed by atoms with Gasteiger partial charge in [0.1, 0.15) is 5.60 Å². The topological polar surface area (TPSA) is 103 Å². The largest absolute Gasteiger partial charge is 0.444 e. The second-order valence-corrected chi connectivity index (χ2v) is 8.84. The average Bonchev–Trinajstić information content (AvgIpc) is 2.47. The van der Waals surface area contributed by atoms with Crippen molar-refractivity contribution in [1.82, 2.24) is 10.6 Å². The minimum Gasteiger partial charge on any atom is -0.444 e. The number of hydrogen-bond acceptors (Lipinski definition) is 6. The van der Waals surface area contributed by atoms with E-state index in [0.29, 0.717) is 12.8 Å². The van der Waals surface area contributed by atoms with Crippen LogP contribution in [0.3, 0.4) is 0 Å². The lowest BCUT2D eigenvalue weighted by Gasteiger charge is -2.33. The van der Waals surface area contributed by atoms with Crippen molar-refractivity contribution < 1.29 is 27.9 Å². The van der Waals surface area contributed by atoms with Crippen LogP contribution in [-0.2, 0) is 18.3 Å². The van der Waals surface area contributed by atoms with Crippen molar-refractivity contribution in [3.05, 3.63) is 0 Å². The van der Waals surface area contributed by atoms with Crippen molar-refractivity contribution in [2.24, 2.45) is 0 Å². The quantitative estimate of drug-likeness (QED) is 0.653. The number of hydrogen-bond donors (Lipinski definition) is 2. The third-order valence-corrected chi connectivity index (χ3v) is 5.45. The Morgan fingerprint density at radius 3 is 1.92 bits per heavy atom. The van der Waals surface area contributed by atoms with Crippen molar-refractivity contribution >= 4 is 19.3 Å². The Morgan fingerprint density at radius 2 is 1.48 bits per heavy atom. The maximum absolute atomic E-state index is 12.5. The Balaban J connectivity index is 2.74. The lowest BCUT2D eigenvalue weighted by atomic mass is 9.90. The molecule has 2 N–H and O–H groups in total. The summed E-state index contributed by atoms with van der Waals surface area (Å²) in [5, 5.41) is 5.52. The van der Waals surface area contributed by atoms with Gasteiger partial charge in [0, 0.05) is 6.04 Å². The SMILES string of the molecule is CCOP(=O)(OCC)C(=O)N[C@H]1CCCC[C@@H]1NC(=O)OC(C)(C)C. The molecule has 0 radical (unpaired) electrons. The van der Waals surface area contributed by atoms with E-state index < -0.39 is 24.9 Å². The van der Waals surface area contributed by atoms with E-state index in [0.717, 1.165) is 12.8 Å². The number of carbonyl (C=O) groups excluding carboxylic acids is 2. The first kappa shape index (κ1) is 21.9. The van der Waals surface area contributed by atoms with Crippen molar-refractivity contribution in [2.75, 3.05) is 13.2 Å². The van der Waals surface area contributed by atoms with Crippen molar-refractivity contribution in [1.29, 1.82) is 0 Å². The van der Waals surface area contributed by atoms with Gasteiger partial charge in [-0.05, 0) is 47.5 Å². The van der Waals surface area contributed by atoms with Gasteiger partial charge in [-0.1, -0.05) is 12.8 Å². The summed E-state index contributed by atoms with van der Waals surface area (Å²) in [4.78, 5) is 24.4. The fourth-order valence-corrected chi connectivity index (χ4v) is 3.98. The highest BCUT2D eigenvalue weighted by Crippen LogP contribution is 2.48. The molecule has 0 aromatic rings. The molecule has 0 heterocycles. The predicted octanol–water partition coefficient (Wildman–Crippen LogP) is 3.80. The van der Waals surface area contributed by atoms with E-state index >= 15 is 0 Å². The maximum atomic E-state index is 12.5. The molecule has 9 heteroatoms. The summed E-state index contributed by atoms with van der Waals surface area (Å²) >= 11 is 0. The van der Waals surface area contributed by atoms with Gasteiger partial charge in [-0.25, -0.2) is 9.36 Å². The molecule has 2 atom stereocenters. The van der Waals surface area contributed by atoms with Gasteiger partial charge in [-0.15, -0.1) is 0 Å². The normalized spacial score (nSPS) is 21.5. The van der Waals surface area contributed by atoms with Crippen LogP contribution in [0.15, 0.2) is 0 Å². The monoisotopic (exact) mass is 378 g/mol. The number of rotatable bonds is 7. The van der Waals surface area contributed by atoms with Crippen LogP contribution in [0.1, 0.15) is 60.3 Å². The molecule has 0 bridgehead atoms. The Morgan fingerprint density at radius 1 is 1.00 bits per heavy atom. The molecule has 1 aliphatic rings. The van der Waals surface area contributed by atoms with Gasteiger partial charge in [0.05, 0.1) is 19.3 Å². The smallest absolute Gasteiger partial charge is 0.418 e. The second-order valence-electron chi connectivity index (χ2n) is 6.93. The van der Waals surface area contributed by atoms with Crippen molar-refractivity contribution in [2.45, 2.75) is 78.0 Å². The van der Waals surface area contributed by atoms with Crippen molar-refractivity contribution in [3.8, 4) is 0 Å². The Hall–Kier alpha value is -1.11. The average molecular weight is 378 g/mol.